The first-order chi connectivity index (χ1) is 9.75. The van der Waals surface area contributed by atoms with Gasteiger partial charge in [-0.25, -0.2) is 9.67 Å². The lowest BCUT2D eigenvalue weighted by molar-refractivity contribution is -0.117. The molecule has 1 unspecified atom stereocenters. The van der Waals surface area contributed by atoms with Gasteiger partial charge in [-0.2, -0.15) is 5.10 Å². The summed E-state index contributed by atoms with van der Waals surface area (Å²) in [5, 5.41) is 10.6. The van der Waals surface area contributed by atoms with Crippen LogP contribution in [-0.4, -0.2) is 38.3 Å². The molecule has 2 aromatic rings. The number of nitrogens with one attached hydrogen (secondary N) is 2. The van der Waals surface area contributed by atoms with E-state index in [9.17, 15) is 4.79 Å². The quantitative estimate of drug-likeness (QED) is 0.899. The summed E-state index contributed by atoms with van der Waals surface area (Å²) in [6.07, 6.45) is 2.96. The lowest BCUT2D eigenvalue weighted by Gasteiger charge is -2.14. The van der Waals surface area contributed by atoms with Gasteiger partial charge in [0.25, 0.3) is 0 Å². The molecule has 0 spiro atoms. The molecule has 1 atom stereocenters. The van der Waals surface area contributed by atoms with Gasteiger partial charge in [0.05, 0.1) is 16.8 Å². The number of rotatable bonds is 3. The molecule has 0 aliphatic carbocycles. The Labute approximate surface area is 124 Å². The van der Waals surface area contributed by atoms with Crippen LogP contribution < -0.4 is 10.6 Å². The van der Waals surface area contributed by atoms with Crippen molar-refractivity contribution in [3.05, 3.63) is 35.9 Å². The predicted molar refractivity (Wildman–Crippen MR) is 79.2 cm³/mol. The summed E-state index contributed by atoms with van der Waals surface area (Å²) in [7, 11) is 0. The SMILES string of the molecule is O=C(Nc1cccc(Cl)c1-n1cncn1)C1CSCN1. The normalized spacial score (nSPS) is 18.1. The van der Waals surface area contributed by atoms with Crippen molar-refractivity contribution in [2.45, 2.75) is 6.04 Å². The summed E-state index contributed by atoms with van der Waals surface area (Å²) >= 11 is 7.90. The zero-order valence-corrected chi connectivity index (χ0v) is 12.0. The lowest BCUT2D eigenvalue weighted by atomic mass is 10.2. The van der Waals surface area contributed by atoms with E-state index in [0.29, 0.717) is 16.4 Å². The average molecular weight is 310 g/mol. The zero-order chi connectivity index (χ0) is 13.9. The van der Waals surface area contributed by atoms with Gasteiger partial charge in [0.2, 0.25) is 5.91 Å². The van der Waals surface area contributed by atoms with E-state index in [1.54, 1.807) is 36.3 Å². The minimum Gasteiger partial charge on any atom is -0.323 e. The molecule has 8 heteroatoms. The maximum absolute atomic E-state index is 12.2. The number of nitrogens with zero attached hydrogens (tertiary/aromatic N) is 3. The van der Waals surface area contributed by atoms with E-state index in [0.717, 1.165) is 11.6 Å². The average Bonchev–Trinajstić information content (AvgIpc) is 3.12. The van der Waals surface area contributed by atoms with Crippen molar-refractivity contribution in [3.63, 3.8) is 0 Å². The van der Waals surface area contributed by atoms with E-state index < -0.39 is 0 Å². The molecular weight excluding hydrogens is 298 g/mol. The molecule has 0 radical (unpaired) electrons. The third kappa shape index (κ3) is 2.65. The number of thioether (sulfide) groups is 1. The first-order valence-electron chi connectivity index (χ1n) is 6.01. The standard InChI is InChI=1S/C12H12ClN5OS/c13-8-2-1-3-9(11(8)18-6-14-5-16-18)17-12(19)10-4-20-7-15-10/h1-3,5-6,10,15H,4,7H2,(H,17,19). The first-order valence-corrected chi connectivity index (χ1v) is 7.54. The summed E-state index contributed by atoms with van der Waals surface area (Å²) in [5.74, 6) is 1.49. The molecule has 6 nitrogen and oxygen atoms in total. The smallest absolute Gasteiger partial charge is 0.242 e. The minimum atomic E-state index is -0.178. The highest BCUT2D eigenvalue weighted by molar-refractivity contribution is 7.99. The summed E-state index contributed by atoms with van der Waals surface area (Å²) < 4.78 is 1.54. The fourth-order valence-electron chi connectivity index (χ4n) is 1.96. The molecule has 1 aromatic heterocycles. The summed E-state index contributed by atoms with van der Waals surface area (Å²) in [6.45, 7) is 0. The van der Waals surface area contributed by atoms with E-state index in [4.69, 9.17) is 11.6 Å². The van der Waals surface area contributed by atoms with Gasteiger partial charge in [0.15, 0.2) is 0 Å². The van der Waals surface area contributed by atoms with Crippen molar-refractivity contribution < 1.29 is 4.79 Å². The molecule has 0 bridgehead atoms. The van der Waals surface area contributed by atoms with Crippen LogP contribution in [0.1, 0.15) is 0 Å². The first kappa shape index (κ1) is 13.4. The highest BCUT2D eigenvalue weighted by Gasteiger charge is 2.23. The second-order valence-electron chi connectivity index (χ2n) is 4.24. The number of halogens is 1. The summed E-state index contributed by atoms with van der Waals surface area (Å²) in [6, 6.07) is 5.15. The number of hydrogen-bond donors (Lipinski definition) is 2. The topological polar surface area (TPSA) is 71.8 Å². The van der Waals surface area contributed by atoms with Crippen LogP contribution in [0.4, 0.5) is 5.69 Å². The van der Waals surface area contributed by atoms with E-state index in [1.165, 1.54) is 11.0 Å². The monoisotopic (exact) mass is 309 g/mol. The Morgan fingerprint density at radius 1 is 1.55 bits per heavy atom. The van der Waals surface area contributed by atoms with Crippen LogP contribution in [0.15, 0.2) is 30.9 Å². The van der Waals surface area contributed by atoms with Crippen molar-refractivity contribution >= 4 is 35.0 Å². The van der Waals surface area contributed by atoms with Gasteiger partial charge in [-0.05, 0) is 12.1 Å². The molecule has 0 saturated carbocycles. The van der Waals surface area contributed by atoms with Crippen LogP contribution in [0.3, 0.4) is 0 Å². The molecule has 1 aliphatic rings. The van der Waals surface area contributed by atoms with Gasteiger partial charge in [-0.3, -0.25) is 10.1 Å². The van der Waals surface area contributed by atoms with Crippen LogP contribution in [0.5, 0.6) is 0 Å². The van der Waals surface area contributed by atoms with Crippen LogP contribution in [0.2, 0.25) is 5.02 Å². The highest BCUT2D eigenvalue weighted by atomic mass is 35.5. The molecule has 1 saturated heterocycles. The number of para-hydroxylation sites is 1. The van der Waals surface area contributed by atoms with Crippen molar-refractivity contribution in [3.8, 4) is 5.69 Å². The van der Waals surface area contributed by atoms with Crippen molar-refractivity contribution in [2.24, 2.45) is 0 Å². The largest absolute Gasteiger partial charge is 0.323 e. The second kappa shape index (κ2) is 5.82. The highest BCUT2D eigenvalue weighted by Crippen LogP contribution is 2.28. The van der Waals surface area contributed by atoms with E-state index >= 15 is 0 Å². The fourth-order valence-corrected chi connectivity index (χ4v) is 3.16. The Kier molecular flexibility index (Phi) is 3.90. The van der Waals surface area contributed by atoms with Gasteiger partial charge in [0.1, 0.15) is 18.3 Å². The number of aromatic nitrogens is 3. The van der Waals surface area contributed by atoms with Crippen LogP contribution in [0.25, 0.3) is 5.69 Å². The van der Waals surface area contributed by atoms with Crippen molar-refractivity contribution in [2.75, 3.05) is 16.9 Å². The molecule has 104 valence electrons. The molecule has 20 heavy (non-hydrogen) atoms. The molecule has 2 N–H and O–H groups in total. The van der Waals surface area contributed by atoms with Crippen LogP contribution >= 0.6 is 23.4 Å². The number of anilines is 1. The fraction of sp³-hybridized carbons (Fsp3) is 0.250. The zero-order valence-electron chi connectivity index (χ0n) is 10.4. The molecule has 1 aromatic carbocycles. The molecule has 1 fully saturated rings. The van der Waals surface area contributed by atoms with Crippen LogP contribution in [0, 0.1) is 0 Å². The molecule has 1 aliphatic heterocycles. The van der Waals surface area contributed by atoms with Crippen molar-refractivity contribution in [1.29, 1.82) is 0 Å². The number of carbonyl (C=O) groups excluding carboxylic acids is 1. The van der Waals surface area contributed by atoms with E-state index in [1.807, 2.05) is 0 Å². The second-order valence-corrected chi connectivity index (χ2v) is 5.67. The van der Waals surface area contributed by atoms with Crippen molar-refractivity contribution in [1.82, 2.24) is 20.1 Å². The Hall–Kier alpha value is -1.57. The summed E-state index contributed by atoms with van der Waals surface area (Å²) in [5.41, 5.74) is 1.23. The molecule has 2 heterocycles. The van der Waals surface area contributed by atoms with Gasteiger partial charge in [-0.1, -0.05) is 17.7 Å². The van der Waals surface area contributed by atoms with Crippen LogP contribution in [-0.2, 0) is 4.79 Å². The number of benzene rings is 1. The van der Waals surface area contributed by atoms with E-state index in [2.05, 4.69) is 20.7 Å². The van der Waals surface area contributed by atoms with Gasteiger partial charge in [-0.15, -0.1) is 11.8 Å². The predicted octanol–water partition coefficient (Wildman–Crippen LogP) is 1.52. The molecule has 1 amide bonds. The summed E-state index contributed by atoms with van der Waals surface area (Å²) in [4.78, 5) is 16.1. The minimum absolute atomic E-state index is 0.0707. The van der Waals surface area contributed by atoms with Gasteiger partial charge < -0.3 is 5.32 Å². The number of carbonyl (C=O) groups is 1. The third-order valence-corrected chi connectivity index (χ3v) is 4.17. The Morgan fingerprint density at radius 3 is 3.15 bits per heavy atom. The lowest BCUT2D eigenvalue weighted by Crippen LogP contribution is -2.37. The maximum atomic E-state index is 12.2. The maximum Gasteiger partial charge on any atom is 0.242 e. The van der Waals surface area contributed by atoms with E-state index in [-0.39, 0.29) is 11.9 Å². The van der Waals surface area contributed by atoms with Gasteiger partial charge in [0, 0.05) is 11.6 Å². The molecule has 3 rings (SSSR count). The van der Waals surface area contributed by atoms with Gasteiger partial charge >= 0.3 is 0 Å². The Balaban J connectivity index is 1.89. The number of amides is 1. The Bertz CT molecular complexity index is 612. The number of hydrogen-bond acceptors (Lipinski definition) is 5. The Morgan fingerprint density at radius 2 is 2.45 bits per heavy atom. The third-order valence-electron chi connectivity index (χ3n) is 2.93. The molecular formula is C12H12ClN5OS.